The number of nitrogens with one attached hydrogen (secondary N) is 1. The van der Waals surface area contributed by atoms with Gasteiger partial charge in [0.25, 0.3) is 0 Å². The summed E-state index contributed by atoms with van der Waals surface area (Å²) in [6, 6.07) is 1.64. The molecule has 0 amide bonds. The van der Waals surface area contributed by atoms with Crippen LogP contribution in [0.25, 0.3) is 0 Å². The highest BCUT2D eigenvalue weighted by atomic mass is 16.5. The number of nitrogens with zero attached hydrogens (tertiary/aromatic N) is 2. The van der Waals surface area contributed by atoms with Gasteiger partial charge in [0.15, 0.2) is 0 Å². The van der Waals surface area contributed by atoms with Gasteiger partial charge in [-0.2, -0.15) is 9.97 Å². The summed E-state index contributed by atoms with van der Waals surface area (Å²) in [7, 11) is 0. The molecule has 0 saturated carbocycles. The van der Waals surface area contributed by atoms with Crippen LogP contribution in [0.5, 0.6) is 5.88 Å². The number of hydrogen-bond donors (Lipinski definition) is 3. The van der Waals surface area contributed by atoms with E-state index in [0.717, 1.165) is 12.8 Å². The van der Waals surface area contributed by atoms with Crippen molar-refractivity contribution in [3.8, 4) is 5.88 Å². The Morgan fingerprint density at radius 1 is 1.39 bits per heavy atom. The van der Waals surface area contributed by atoms with Gasteiger partial charge in [0, 0.05) is 6.07 Å². The fraction of sp³-hybridized carbons (Fsp3) is 0.500. The summed E-state index contributed by atoms with van der Waals surface area (Å²) < 4.78 is 5.68. The van der Waals surface area contributed by atoms with Gasteiger partial charge in [0.05, 0.1) is 6.61 Å². The maximum atomic E-state index is 5.68. The Hall–Kier alpha value is -1.82. The summed E-state index contributed by atoms with van der Waals surface area (Å²) in [6.07, 6.45) is 6.58. The molecule has 6 nitrogen and oxygen atoms in total. The quantitative estimate of drug-likeness (QED) is 0.423. The first-order chi connectivity index (χ1) is 8.69. The summed E-state index contributed by atoms with van der Waals surface area (Å²) >= 11 is 0. The molecule has 2 unspecified atom stereocenters. The zero-order valence-corrected chi connectivity index (χ0v) is 10.5. The second kappa shape index (κ2) is 5.68. The molecule has 1 aromatic rings. The molecule has 2 rings (SSSR count). The van der Waals surface area contributed by atoms with Crippen LogP contribution in [0.15, 0.2) is 18.2 Å². The minimum absolute atomic E-state index is 0.150. The molecule has 1 aliphatic carbocycles. The molecule has 0 fully saturated rings. The van der Waals surface area contributed by atoms with Crippen molar-refractivity contribution in [1.29, 1.82) is 0 Å². The first-order valence-electron chi connectivity index (χ1n) is 6.08. The van der Waals surface area contributed by atoms with E-state index in [1.165, 1.54) is 0 Å². The molecule has 0 saturated heterocycles. The standard InChI is InChI=1S/C12H19N5O/c1-8-4-2-3-5-9(8)7-18-11-6-10(17-14)15-12(13)16-11/h2-3,6,8-9H,4-5,7,14H2,1H3,(H3,13,15,16,17). The van der Waals surface area contributed by atoms with Gasteiger partial charge in [-0.15, -0.1) is 0 Å². The molecule has 5 N–H and O–H groups in total. The Morgan fingerprint density at radius 3 is 2.89 bits per heavy atom. The molecule has 0 aromatic carbocycles. The average Bonchev–Trinajstić information content (AvgIpc) is 2.37. The van der Waals surface area contributed by atoms with Crippen LogP contribution >= 0.6 is 0 Å². The Kier molecular flexibility index (Phi) is 3.99. The summed E-state index contributed by atoms with van der Waals surface area (Å²) in [5.74, 6) is 7.49. The molecule has 0 aliphatic heterocycles. The summed E-state index contributed by atoms with van der Waals surface area (Å²) in [5, 5.41) is 0. The predicted octanol–water partition coefficient (Wildman–Crippen LogP) is 1.33. The first kappa shape index (κ1) is 12.6. The Labute approximate surface area is 106 Å². The average molecular weight is 249 g/mol. The normalized spacial score (nSPS) is 22.8. The fourth-order valence-electron chi connectivity index (χ4n) is 2.02. The van der Waals surface area contributed by atoms with Crippen LogP contribution in [0.3, 0.4) is 0 Å². The fourth-order valence-corrected chi connectivity index (χ4v) is 2.02. The lowest BCUT2D eigenvalue weighted by molar-refractivity contribution is 0.193. The largest absolute Gasteiger partial charge is 0.477 e. The SMILES string of the molecule is CC1CC=CCC1COc1cc(NN)nc(N)n1. The Bertz CT molecular complexity index is 434. The van der Waals surface area contributed by atoms with Crippen LogP contribution in [-0.2, 0) is 0 Å². The van der Waals surface area contributed by atoms with Gasteiger partial charge in [0.1, 0.15) is 5.82 Å². The molecular formula is C12H19N5O. The van der Waals surface area contributed by atoms with Gasteiger partial charge in [-0.25, -0.2) is 5.84 Å². The van der Waals surface area contributed by atoms with Crippen molar-refractivity contribution in [2.24, 2.45) is 17.7 Å². The Morgan fingerprint density at radius 2 is 2.17 bits per heavy atom. The van der Waals surface area contributed by atoms with Crippen LogP contribution in [0.2, 0.25) is 0 Å². The molecular weight excluding hydrogens is 230 g/mol. The van der Waals surface area contributed by atoms with Crippen LogP contribution in [0.1, 0.15) is 19.8 Å². The number of nitrogens with two attached hydrogens (primary N) is 2. The highest BCUT2D eigenvalue weighted by Crippen LogP contribution is 2.26. The van der Waals surface area contributed by atoms with Crippen molar-refractivity contribution in [3.63, 3.8) is 0 Å². The van der Waals surface area contributed by atoms with Gasteiger partial charge >= 0.3 is 0 Å². The highest BCUT2D eigenvalue weighted by Gasteiger charge is 2.19. The molecule has 2 atom stereocenters. The summed E-state index contributed by atoms with van der Waals surface area (Å²) in [4.78, 5) is 7.92. The van der Waals surface area contributed by atoms with E-state index < -0.39 is 0 Å². The van der Waals surface area contributed by atoms with Crippen molar-refractivity contribution >= 4 is 11.8 Å². The number of hydrazine groups is 1. The van der Waals surface area contributed by atoms with E-state index in [-0.39, 0.29) is 5.95 Å². The molecule has 18 heavy (non-hydrogen) atoms. The van der Waals surface area contributed by atoms with E-state index in [4.69, 9.17) is 16.3 Å². The first-order valence-corrected chi connectivity index (χ1v) is 6.08. The number of nitrogen functional groups attached to an aromatic ring is 2. The van der Waals surface area contributed by atoms with E-state index in [9.17, 15) is 0 Å². The minimum atomic E-state index is 0.150. The van der Waals surface area contributed by atoms with Crippen LogP contribution in [-0.4, -0.2) is 16.6 Å². The topological polar surface area (TPSA) is 99.1 Å². The van der Waals surface area contributed by atoms with Gasteiger partial charge < -0.3 is 15.9 Å². The second-order valence-corrected chi connectivity index (χ2v) is 4.59. The van der Waals surface area contributed by atoms with Gasteiger partial charge in [0.2, 0.25) is 11.8 Å². The van der Waals surface area contributed by atoms with E-state index in [0.29, 0.717) is 30.1 Å². The third kappa shape index (κ3) is 3.10. The predicted molar refractivity (Wildman–Crippen MR) is 70.8 cm³/mol. The number of ether oxygens (including phenoxy) is 1. The van der Waals surface area contributed by atoms with E-state index in [1.54, 1.807) is 6.07 Å². The van der Waals surface area contributed by atoms with Crippen LogP contribution in [0.4, 0.5) is 11.8 Å². The zero-order valence-electron chi connectivity index (χ0n) is 10.5. The number of aromatic nitrogens is 2. The number of allylic oxidation sites excluding steroid dienone is 2. The summed E-state index contributed by atoms with van der Waals surface area (Å²) in [6.45, 7) is 2.87. The van der Waals surface area contributed by atoms with Crippen molar-refractivity contribution in [3.05, 3.63) is 18.2 Å². The van der Waals surface area contributed by atoms with Crippen molar-refractivity contribution < 1.29 is 4.74 Å². The molecule has 6 heteroatoms. The second-order valence-electron chi connectivity index (χ2n) is 4.59. The molecule has 98 valence electrons. The molecule has 1 aliphatic rings. The molecule has 1 heterocycles. The molecule has 0 bridgehead atoms. The van der Waals surface area contributed by atoms with Crippen molar-refractivity contribution in [2.75, 3.05) is 17.8 Å². The van der Waals surface area contributed by atoms with E-state index in [1.807, 2.05) is 0 Å². The van der Waals surface area contributed by atoms with Crippen LogP contribution < -0.4 is 21.7 Å². The minimum Gasteiger partial charge on any atom is -0.477 e. The lowest BCUT2D eigenvalue weighted by atomic mass is 9.85. The third-order valence-electron chi connectivity index (χ3n) is 3.23. The lowest BCUT2D eigenvalue weighted by Gasteiger charge is -2.24. The zero-order chi connectivity index (χ0) is 13.0. The number of anilines is 2. The third-order valence-corrected chi connectivity index (χ3v) is 3.23. The lowest BCUT2D eigenvalue weighted by Crippen LogP contribution is -2.21. The van der Waals surface area contributed by atoms with Gasteiger partial charge in [-0.05, 0) is 24.7 Å². The highest BCUT2D eigenvalue weighted by molar-refractivity contribution is 5.41. The number of rotatable bonds is 4. The molecule has 1 aromatic heterocycles. The smallest absolute Gasteiger partial charge is 0.225 e. The maximum absolute atomic E-state index is 5.68. The number of hydrogen-bond acceptors (Lipinski definition) is 6. The van der Waals surface area contributed by atoms with Gasteiger partial charge in [-0.3, -0.25) is 0 Å². The van der Waals surface area contributed by atoms with Crippen molar-refractivity contribution in [1.82, 2.24) is 9.97 Å². The maximum Gasteiger partial charge on any atom is 0.225 e. The van der Waals surface area contributed by atoms with Crippen molar-refractivity contribution in [2.45, 2.75) is 19.8 Å². The summed E-state index contributed by atoms with van der Waals surface area (Å²) in [5.41, 5.74) is 7.99. The molecule has 0 spiro atoms. The molecule has 0 radical (unpaired) electrons. The van der Waals surface area contributed by atoms with E-state index >= 15 is 0 Å². The van der Waals surface area contributed by atoms with Gasteiger partial charge in [-0.1, -0.05) is 19.1 Å². The monoisotopic (exact) mass is 249 g/mol. The van der Waals surface area contributed by atoms with Crippen LogP contribution in [0, 0.1) is 11.8 Å². The Balaban J connectivity index is 1.97. The van der Waals surface area contributed by atoms with E-state index in [2.05, 4.69) is 34.5 Å².